The van der Waals surface area contributed by atoms with E-state index >= 15 is 0 Å². The summed E-state index contributed by atoms with van der Waals surface area (Å²) >= 11 is 0. The summed E-state index contributed by atoms with van der Waals surface area (Å²) in [5.41, 5.74) is -0.871. The normalized spacial score (nSPS) is 13.1. The van der Waals surface area contributed by atoms with E-state index < -0.39 is 11.4 Å². The van der Waals surface area contributed by atoms with Gasteiger partial charge >= 0.3 is 11.4 Å². The molecule has 13 heavy (non-hydrogen) atoms. The number of aliphatic hydroxyl groups is 1. The topological polar surface area (TPSA) is 90.9 Å². The molecule has 0 fully saturated rings. The van der Waals surface area contributed by atoms with Crippen LogP contribution in [-0.4, -0.2) is 26.5 Å². The fourth-order valence-electron chi connectivity index (χ4n) is 1.12. The van der Waals surface area contributed by atoms with Crippen LogP contribution in [0.25, 0.3) is 0 Å². The smallest absolute Gasteiger partial charge is 0.344 e. The molecular weight excluding hydrogens is 174 g/mol. The van der Waals surface area contributed by atoms with Gasteiger partial charge in [-0.2, -0.15) is 0 Å². The van der Waals surface area contributed by atoms with Gasteiger partial charge in [0.1, 0.15) is 0 Å². The van der Waals surface area contributed by atoms with E-state index in [1.807, 2.05) is 6.92 Å². The van der Waals surface area contributed by atoms with Gasteiger partial charge in [-0.05, 0) is 12.3 Å². The van der Waals surface area contributed by atoms with Crippen molar-refractivity contribution < 1.29 is 5.11 Å². The molecule has 1 atom stereocenters. The molecule has 6 heteroatoms. The third-order valence-electron chi connectivity index (χ3n) is 1.88. The Morgan fingerprint density at radius 3 is 2.38 bits per heavy atom. The molecule has 0 bridgehead atoms. The van der Waals surface area contributed by atoms with Crippen molar-refractivity contribution in [2.75, 3.05) is 6.61 Å². The Hall–Kier alpha value is -1.30. The van der Waals surface area contributed by atoms with Gasteiger partial charge in [0.15, 0.2) is 0 Å². The van der Waals surface area contributed by atoms with E-state index in [1.165, 1.54) is 0 Å². The minimum atomic E-state index is -0.435. The largest absolute Gasteiger partial charge is 0.396 e. The lowest BCUT2D eigenvalue weighted by Gasteiger charge is -2.07. The van der Waals surface area contributed by atoms with Gasteiger partial charge in [0, 0.05) is 13.2 Å². The maximum atomic E-state index is 11.0. The van der Waals surface area contributed by atoms with Crippen molar-refractivity contribution in [3.63, 3.8) is 0 Å². The van der Waals surface area contributed by atoms with Gasteiger partial charge in [0.25, 0.3) is 0 Å². The molecule has 3 N–H and O–H groups in total. The Morgan fingerprint density at radius 1 is 1.38 bits per heavy atom. The molecular formula is C7H13N3O3. The third-order valence-corrected chi connectivity index (χ3v) is 1.88. The number of hydrogen-bond donors (Lipinski definition) is 3. The van der Waals surface area contributed by atoms with Crippen LogP contribution < -0.4 is 11.4 Å². The van der Waals surface area contributed by atoms with E-state index in [-0.39, 0.29) is 12.5 Å². The van der Waals surface area contributed by atoms with Gasteiger partial charge in [0.05, 0.1) is 0 Å². The zero-order valence-electron chi connectivity index (χ0n) is 7.41. The standard InChI is InChI=1S/C7H13N3O3/c1-5(2-3-11)4-10-6(12)8-9-7(10)13/h5,11H,2-4H2,1H3,(H,8,12)(H,9,13). The molecule has 6 nitrogen and oxygen atoms in total. The maximum absolute atomic E-state index is 11.0. The summed E-state index contributed by atoms with van der Waals surface area (Å²) < 4.78 is 1.08. The molecule has 0 aromatic carbocycles. The van der Waals surface area contributed by atoms with Crippen molar-refractivity contribution >= 4 is 0 Å². The molecule has 1 unspecified atom stereocenters. The minimum absolute atomic E-state index is 0.0677. The Morgan fingerprint density at radius 2 is 1.92 bits per heavy atom. The minimum Gasteiger partial charge on any atom is -0.396 e. The molecule has 1 aromatic heterocycles. The van der Waals surface area contributed by atoms with E-state index in [9.17, 15) is 9.59 Å². The average molecular weight is 187 g/mol. The van der Waals surface area contributed by atoms with Crippen LogP contribution in [-0.2, 0) is 6.54 Å². The number of hydrogen-bond acceptors (Lipinski definition) is 3. The molecule has 0 saturated carbocycles. The van der Waals surface area contributed by atoms with Gasteiger partial charge in [-0.15, -0.1) is 0 Å². The summed E-state index contributed by atoms with van der Waals surface area (Å²) in [5, 5.41) is 13.0. The molecule has 0 aliphatic carbocycles. The molecule has 0 radical (unpaired) electrons. The predicted molar refractivity (Wildman–Crippen MR) is 46.5 cm³/mol. The van der Waals surface area contributed by atoms with Crippen molar-refractivity contribution in [2.24, 2.45) is 5.92 Å². The summed E-state index contributed by atoms with van der Waals surface area (Å²) in [7, 11) is 0. The van der Waals surface area contributed by atoms with Gasteiger partial charge in [-0.1, -0.05) is 6.92 Å². The van der Waals surface area contributed by atoms with E-state index in [4.69, 9.17) is 5.11 Å². The van der Waals surface area contributed by atoms with Crippen molar-refractivity contribution in [2.45, 2.75) is 19.9 Å². The van der Waals surface area contributed by atoms with E-state index in [0.717, 1.165) is 4.57 Å². The number of aliphatic hydroxyl groups excluding tert-OH is 1. The van der Waals surface area contributed by atoms with Crippen molar-refractivity contribution in [1.29, 1.82) is 0 Å². The third kappa shape index (κ3) is 2.32. The Kier molecular flexibility index (Phi) is 3.07. The predicted octanol–water partition coefficient (Wildman–Crippen LogP) is -1.12. The van der Waals surface area contributed by atoms with Crippen LogP contribution in [0.5, 0.6) is 0 Å². The zero-order chi connectivity index (χ0) is 9.84. The van der Waals surface area contributed by atoms with Crippen molar-refractivity contribution in [3.05, 3.63) is 21.0 Å². The molecule has 1 aromatic rings. The number of aromatic amines is 2. The highest BCUT2D eigenvalue weighted by molar-refractivity contribution is 4.67. The first kappa shape index (κ1) is 9.79. The molecule has 0 aliphatic heterocycles. The highest BCUT2D eigenvalue weighted by Crippen LogP contribution is 2.00. The van der Waals surface area contributed by atoms with Crippen LogP contribution in [0.2, 0.25) is 0 Å². The summed E-state index contributed by atoms with van der Waals surface area (Å²) in [4.78, 5) is 22.0. The van der Waals surface area contributed by atoms with Crippen LogP contribution in [0, 0.1) is 5.92 Å². The van der Waals surface area contributed by atoms with E-state index in [2.05, 4.69) is 10.2 Å². The fraction of sp³-hybridized carbons (Fsp3) is 0.714. The Bertz CT molecular complexity index is 334. The number of aromatic nitrogens is 3. The van der Waals surface area contributed by atoms with Gasteiger partial charge in [-0.3, -0.25) is 0 Å². The van der Waals surface area contributed by atoms with Crippen LogP contribution in [0.1, 0.15) is 13.3 Å². The molecule has 1 heterocycles. The second-order valence-electron chi connectivity index (χ2n) is 3.09. The van der Waals surface area contributed by atoms with Gasteiger partial charge < -0.3 is 5.11 Å². The monoisotopic (exact) mass is 187 g/mol. The average Bonchev–Trinajstić information content (AvgIpc) is 2.36. The summed E-state index contributed by atoms with van der Waals surface area (Å²) in [5.74, 6) is 0.111. The Labute approximate surface area is 74.2 Å². The second-order valence-corrected chi connectivity index (χ2v) is 3.09. The highest BCUT2D eigenvalue weighted by Gasteiger charge is 2.07. The zero-order valence-corrected chi connectivity index (χ0v) is 7.41. The van der Waals surface area contributed by atoms with Crippen LogP contribution in [0.3, 0.4) is 0 Å². The Balaban J connectivity index is 2.74. The second kappa shape index (κ2) is 4.08. The SMILES string of the molecule is CC(CCO)Cn1c(=O)[nH][nH]c1=O. The molecule has 0 saturated heterocycles. The van der Waals surface area contributed by atoms with Crippen molar-refractivity contribution in [3.8, 4) is 0 Å². The lowest BCUT2D eigenvalue weighted by atomic mass is 10.1. The van der Waals surface area contributed by atoms with E-state index in [0.29, 0.717) is 13.0 Å². The van der Waals surface area contributed by atoms with Gasteiger partial charge in [-0.25, -0.2) is 24.4 Å². The van der Waals surface area contributed by atoms with Gasteiger partial charge in [0.2, 0.25) is 0 Å². The highest BCUT2D eigenvalue weighted by atomic mass is 16.3. The first-order chi connectivity index (χ1) is 6.15. The quantitative estimate of drug-likeness (QED) is 0.557. The fourth-order valence-corrected chi connectivity index (χ4v) is 1.12. The first-order valence-corrected chi connectivity index (χ1v) is 4.13. The van der Waals surface area contributed by atoms with Crippen molar-refractivity contribution in [1.82, 2.24) is 14.8 Å². The maximum Gasteiger partial charge on any atom is 0.344 e. The lowest BCUT2D eigenvalue weighted by molar-refractivity contribution is 0.252. The lowest BCUT2D eigenvalue weighted by Crippen LogP contribution is -2.29. The molecule has 74 valence electrons. The van der Waals surface area contributed by atoms with Crippen LogP contribution >= 0.6 is 0 Å². The number of rotatable bonds is 4. The molecule has 0 amide bonds. The van der Waals surface area contributed by atoms with Crippen LogP contribution in [0.15, 0.2) is 9.59 Å². The van der Waals surface area contributed by atoms with E-state index in [1.54, 1.807) is 0 Å². The summed E-state index contributed by atoms with van der Waals surface area (Å²) in [6, 6.07) is 0. The molecule has 1 rings (SSSR count). The van der Waals surface area contributed by atoms with Crippen LogP contribution in [0.4, 0.5) is 0 Å². The number of H-pyrrole nitrogens is 2. The summed E-state index contributed by atoms with van der Waals surface area (Å²) in [6.07, 6.45) is 0.580. The first-order valence-electron chi connectivity index (χ1n) is 4.13. The summed E-state index contributed by atoms with van der Waals surface area (Å²) in [6.45, 7) is 2.27. The number of nitrogens with zero attached hydrogens (tertiary/aromatic N) is 1. The number of nitrogens with one attached hydrogen (secondary N) is 2. The molecule has 0 aliphatic rings. The molecule has 0 spiro atoms.